The van der Waals surface area contributed by atoms with Gasteiger partial charge < -0.3 is 5.32 Å². The van der Waals surface area contributed by atoms with Crippen LogP contribution in [0.3, 0.4) is 0 Å². The molecule has 0 spiro atoms. The minimum atomic E-state index is -3.76. The largest absolute Gasteiger partial charge is 0.326 e. The molecule has 140 valence electrons. The molecule has 2 aromatic carbocycles. The molecular weight excluding hydrogens is 406 g/mol. The van der Waals surface area contributed by atoms with Crippen LogP contribution in [-0.4, -0.2) is 25.9 Å². The Morgan fingerprint density at radius 3 is 2.52 bits per heavy atom. The number of nitrogens with zero attached hydrogens (tertiary/aromatic N) is 1. The van der Waals surface area contributed by atoms with Crippen LogP contribution in [-0.2, 0) is 14.8 Å². The van der Waals surface area contributed by atoms with Crippen molar-refractivity contribution < 1.29 is 13.2 Å². The van der Waals surface area contributed by atoms with Gasteiger partial charge in [0.2, 0.25) is 15.9 Å². The number of thiazole rings is 1. The van der Waals surface area contributed by atoms with Crippen LogP contribution in [0.4, 0.5) is 5.69 Å². The Hall–Kier alpha value is -2.26. The Kier molecular flexibility index (Phi) is 6.22. The second kappa shape index (κ2) is 8.62. The quantitative estimate of drug-likeness (QED) is 0.607. The zero-order chi connectivity index (χ0) is 19.3. The second-order valence-electron chi connectivity index (χ2n) is 5.54. The summed E-state index contributed by atoms with van der Waals surface area (Å²) < 4.78 is 26.8. The van der Waals surface area contributed by atoms with Gasteiger partial charge in [-0.25, -0.2) is 18.1 Å². The lowest BCUT2D eigenvalue weighted by Gasteiger charge is -2.09. The van der Waals surface area contributed by atoms with Crippen molar-refractivity contribution in [3.8, 4) is 10.6 Å². The molecule has 9 heteroatoms. The minimum Gasteiger partial charge on any atom is -0.326 e. The lowest BCUT2D eigenvalue weighted by Crippen LogP contribution is -2.28. The molecule has 0 saturated carbocycles. The first kappa shape index (κ1) is 19.5. The van der Waals surface area contributed by atoms with Gasteiger partial charge in [-0.15, -0.1) is 11.3 Å². The zero-order valence-corrected chi connectivity index (χ0v) is 16.4. The molecule has 0 radical (unpaired) electrons. The number of carbonyl (C=O) groups is 1. The SMILES string of the molecule is O=C(CCNS(=O)(=O)c1ccccc1Cl)Nc1ccc(-c2nccs2)cc1. The maximum Gasteiger partial charge on any atom is 0.242 e. The van der Waals surface area contributed by atoms with E-state index in [0.717, 1.165) is 10.6 Å². The molecule has 0 fully saturated rings. The highest BCUT2D eigenvalue weighted by Crippen LogP contribution is 2.23. The molecule has 1 heterocycles. The van der Waals surface area contributed by atoms with Crippen molar-refractivity contribution in [3.63, 3.8) is 0 Å². The van der Waals surface area contributed by atoms with Gasteiger partial charge in [-0.3, -0.25) is 4.79 Å². The molecule has 1 aromatic heterocycles. The molecule has 6 nitrogen and oxygen atoms in total. The summed E-state index contributed by atoms with van der Waals surface area (Å²) >= 11 is 7.44. The summed E-state index contributed by atoms with van der Waals surface area (Å²) in [6, 6.07) is 13.4. The molecule has 3 aromatic rings. The molecule has 3 rings (SSSR count). The smallest absolute Gasteiger partial charge is 0.242 e. The monoisotopic (exact) mass is 421 g/mol. The van der Waals surface area contributed by atoms with Gasteiger partial charge in [0.25, 0.3) is 0 Å². The van der Waals surface area contributed by atoms with E-state index in [0.29, 0.717) is 5.69 Å². The average Bonchev–Trinajstić information content (AvgIpc) is 3.17. The summed E-state index contributed by atoms with van der Waals surface area (Å²) in [5, 5.41) is 5.67. The molecule has 0 atom stereocenters. The van der Waals surface area contributed by atoms with Crippen molar-refractivity contribution in [1.82, 2.24) is 9.71 Å². The van der Waals surface area contributed by atoms with Crippen LogP contribution in [0.15, 0.2) is 65.0 Å². The highest BCUT2D eigenvalue weighted by atomic mass is 35.5. The maximum atomic E-state index is 12.2. The van der Waals surface area contributed by atoms with Gasteiger partial charge in [0.1, 0.15) is 9.90 Å². The summed E-state index contributed by atoms with van der Waals surface area (Å²) in [5.41, 5.74) is 1.60. The normalized spacial score (nSPS) is 11.3. The van der Waals surface area contributed by atoms with Gasteiger partial charge >= 0.3 is 0 Å². The second-order valence-corrected chi connectivity index (χ2v) is 8.58. The first-order chi connectivity index (χ1) is 13.0. The molecule has 0 aliphatic carbocycles. The molecule has 1 amide bonds. The minimum absolute atomic E-state index is 0.00207. The standard InChI is InChI=1S/C18H16ClN3O3S2/c19-15-3-1-2-4-16(15)27(24,25)21-10-9-17(23)22-14-7-5-13(6-8-14)18-20-11-12-26-18/h1-8,11-12,21H,9-10H2,(H,22,23). The first-order valence-corrected chi connectivity index (χ1v) is 10.7. The number of amides is 1. The lowest BCUT2D eigenvalue weighted by atomic mass is 10.2. The molecular formula is C18H16ClN3O3S2. The van der Waals surface area contributed by atoms with Crippen molar-refractivity contribution in [1.29, 1.82) is 0 Å². The Bertz CT molecular complexity index is 1020. The topological polar surface area (TPSA) is 88.2 Å². The molecule has 0 unspecified atom stereocenters. The van der Waals surface area contributed by atoms with Crippen molar-refractivity contribution in [2.24, 2.45) is 0 Å². The van der Waals surface area contributed by atoms with E-state index in [9.17, 15) is 13.2 Å². The molecule has 27 heavy (non-hydrogen) atoms. The Labute approximate surface area is 166 Å². The summed E-state index contributed by atoms with van der Waals surface area (Å²) in [5.74, 6) is -0.293. The molecule has 0 aliphatic rings. The fourth-order valence-electron chi connectivity index (χ4n) is 2.32. The summed E-state index contributed by atoms with van der Waals surface area (Å²) in [6.45, 7) is -0.0312. The van der Waals surface area contributed by atoms with Gasteiger partial charge in [-0.2, -0.15) is 0 Å². The van der Waals surface area contributed by atoms with Crippen LogP contribution >= 0.6 is 22.9 Å². The highest BCUT2D eigenvalue weighted by molar-refractivity contribution is 7.89. The molecule has 0 aliphatic heterocycles. The lowest BCUT2D eigenvalue weighted by molar-refractivity contribution is -0.116. The van der Waals surface area contributed by atoms with Crippen LogP contribution in [0, 0.1) is 0 Å². The number of benzene rings is 2. The third-order valence-electron chi connectivity index (χ3n) is 3.62. The number of carbonyl (C=O) groups excluding carboxylic acids is 1. The van der Waals surface area contributed by atoms with Crippen molar-refractivity contribution in [2.45, 2.75) is 11.3 Å². The van der Waals surface area contributed by atoms with Gasteiger partial charge in [0.15, 0.2) is 0 Å². The fourth-order valence-corrected chi connectivity index (χ4v) is 4.52. The van der Waals surface area contributed by atoms with Crippen molar-refractivity contribution in [2.75, 3.05) is 11.9 Å². The van der Waals surface area contributed by atoms with E-state index in [2.05, 4.69) is 15.0 Å². The van der Waals surface area contributed by atoms with Crippen LogP contribution in [0.2, 0.25) is 5.02 Å². The third-order valence-corrected chi connectivity index (χ3v) is 6.40. The van der Waals surface area contributed by atoms with E-state index in [1.807, 2.05) is 17.5 Å². The Morgan fingerprint density at radius 2 is 1.85 bits per heavy atom. The van der Waals surface area contributed by atoms with E-state index in [1.54, 1.807) is 30.5 Å². The molecule has 0 bridgehead atoms. The first-order valence-electron chi connectivity index (χ1n) is 8.00. The number of hydrogen-bond acceptors (Lipinski definition) is 5. The van der Waals surface area contributed by atoms with Gasteiger partial charge in [-0.1, -0.05) is 23.7 Å². The summed E-state index contributed by atoms with van der Waals surface area (Å²) in [6.07, 6.45) is 1.73. The van der Waals surface area contributed by atoms with E-state index in [1.165, 1.54) is 23.5 Å². The van der Waals surface area contributed by atoms with Gasteiger partial charge in [0, 0.05) is 35.8 Å². The van der Waals surface area contributed by atoms with Crippen LogP contribution < -0.4 is 10.0 Å². The predicted octanol–water partition coefficient (Wildman–Crippen LogP) is 3.77. The van der Waals surface area contributed by atoms with E-state index >= 15 is 0 Å². The average molecular weight is 422 g/mol. The van der Waals surface area contributed by atoms with Gasteiger partial charge in [0.05, 0.1) is 5.02 Å². The number of hydrogen-bond donors (Lipinski definition) is 2. The summed E-state index contributed by atoms with van der Waals surface area (Å²) in [4.78, 5) is 16.3. The number of anilines is 1. The zero-order valence-electron chi connectivity index (χ0n) is 14.1. The summed E-state index contributed by atoms with van der Waals surface area (Å²) in [7, 11) is -3.76. The number of nitrogens with one attached hydrogen (secondary N) is 2. The van der Waals surface area contributed by atoms with E-state index in [4.69, 9.17) is 11.6 Å². The maximum absolute atomic E-state index is 12.2. The van der Waals surface area contributed by atoms with Gasteiger partial charge in [-0.05, 0) is 36.4 Å². The predicted molar refractivity (Wildman–Crippen MR) is 107 cm³/mol. The number of halogens is 1. The fraction of sp³-hybridized carbons (Fsp3) is 0.111. The van der Waals surface area contributed by atoms with Crippen LogP contribution in [0.25, 0.3) is 10.6 Å². The Balaban J connectivity index is 1.52. The molecule has 0 saturated heterocycles. The van der Waals surface area contributed by atoms with E-state index < -0.39 is 10.0 Å². The third kappa shape index (κ3) is 5.14. The molecule has 2 N–H and O–H groups in total. The van der Waals surface area contributed by atoms with Crippen LogP contribution in [0.5, 0.6) is 0 Å². The Morgan fingerprint density at radius 1 is 1.11 bits per heavy atom. The van der Waals surface area contributed by atoms with Crippen molar-refractivity contribution >= 4 is 44.6 Å². The number of aromatic nitrogens is 1. The number of rotatable bonds is 7. The van der Waals surface area contributed by atoms with E-state index in [-0.39, 0.29) is 28.8 Å². The van der Waals surface area contributed by atoms with Crippen LogP contribution in [0.1, 0.15) is 6.42 Å². The van der Waals surface area contributed by atoms with Crippen molar-refractivity contribution in [3.05, 3.63) is 65.1 Å². The highest BCUT2D eigenvalue weighted by Gasteiger charge is 2.17. The number of sulfonamides is 1.